The molecule has 3 heterocycles. The minimum atomic E-state index is -0.446. The Kier molecular flexibility index (Phi) is 5.46. The molecule has 2 aliphatic rings. The van der Waals surface area contributed by atoms with Crippen LogP contribution in [0.3, 0.4) is 0 Å². The van der Waals surface area contributed by atoms with Crippen molar-refractivity contribution in [2.45, 2.75) is 38.3 Å². The van der Waals surface area contributed by atoms with Gasteiger partial charge in [-0.1, -0.05) is 0 Å². The largest absolute Gasteiger partial charge is 0.381 e. The molecule has 6 nitrogen and oxygen atoms in total. The Hall–Kier alpha value is -1.66. The second kappa shape index (κ2) is 7.75. The van der Waals surface area contributed by atoms with E-state index in [4.69, 9.17) is 10.5 Å². The van der Waals surface area contributed by atoms with Crippen molar-refractivity contribution in [3.63, 3.8) is 0 Å². The van der Waals surface area contributed by atoms with Crippen LogP contribution in [0.5, 0.6) is 0 Å². The number of hydrogen-bond acceptors (Lipinski definition) is 5. The summed E-state index contributed by atoms with van der Waals surface area (Å²) >= 11 is 0. The number of nitrogens with two attached hydrogens (primary N) is 1. The van der Waals surface area contributed by atoms with Crippen molar-refractivity contribution in [2.24, 2.45) is 11.7 Å². The van der Waals surface area contributed by atoms with Gasteiger partial charge in [-0.25, -0.2) is 4.98 Å². The van der Waals surface area contributed by atoms with Crippen LogP contribution in [-0.4, -0.2) is 43.2 Å². The van der Waals surface area contributed by atoms with Crippen molar-refractivity contribution in [3.8, 4) is 0 Å². The molecule has 0 saturated carbocycles. The molecule has 0 radical (unpaired) electrons. The molecular formula is C17H26N4O2. The molecular weight excluding hydrogens is 292 g/mol. The summed E-state index contributed by atoms with van der Waals surface area (Å²) in [5.74, 6) is 1.15. The molecule has 1 aromatic rings. The summed E-state index contributed by atoms with van der Waals surface area (Å²) in [4.78, 5) is 19.0. The Morgan fingerprint density at radius 2 is 2.13 bits per heavy atom. The van der Waals surface area contributed by atoms with E-state index in [2.05, 4.69) is 21.3 Å². The van der Waals surface area contributed by atoms with E-state index in [1.165, 1.54) is 12.8 Å². The van der Waals surface area contributed by atoms with Crippen LogP contribution in [0.1, 0.15) is 31.2 Å². The average Bonchev–Trinajstić information content (AvgIpc) is 3.15. The van der Waals surface area contributed by atoms with Crippen LogP contribution >= 0.6 is 0 Å². The number of hydrogen-bond donors (Lipinski definition) is 2. The third-order valence-electron chi connectivity index (χ3n) is 4.78. The van der Waals surface area contributed by atoms with Crippen molar-refractivity contribution in [2.75, 3.05) is 31.2 Å². The van der Waals surface area contributed by atoms with Crippen molar-refractivity contribution in [1.82, 2.24) is 10.3 Å². The fourth-order valence-corrected chi connectivity index (χ4v) is 3.29. The van der Waals surface area contributed by atoms with Gasteiger partial charge in [0.05, 0.1) is 6.04 Å². The van der Waals surface area contributed by atoms with Gasteiger partial charge in [-0.15, -0.1) is 0 Å². The van der Waals surface area contributed by atoms with Crippen molar-refractivity contribution in [3.05, 3.63) is 23.9 Å². The molecule has 6 heteroatoms. The van der Waals surface area contributed by atoms with Crippen molar-refractivity contribution >= 4 is 11.7 Å². The Balaban J connectivity index is 1.53. The van der Waals surface area contributed by atoms with Gasteiger partial charge < -0.3 is 20.7 Å². The van der Waals surface area contributed by atoms with Crippen LogP contribution in [0.2, 0.25) is 0 Å². The summed E-state index contributed by atoms with van der Waals surface area (Å²) in [6.45, 7) is 4.04. The molecule has 2 fully saturated rings. The van der Waals surface area contributed by atoms with Crippen LogP contribution in [0, 0.1) is 5.92 Å². The van der Waals surface area contributed by atoms with Gasteiger partial charge in [-0.05, 0) is 49.3 Å². The van der Waals surface area contributed by atoms with Gasteiger partial charge in [-0.3, -0.25) is 4.79 Å². The highest BCUT2D eigenvalue weighted by atomic mass is 16.5. The molecule has 1 unspecified atom stereocenters. The van der Waals surface area contributed by atoms with E-state index < -0.39 is 6.04 Å². The van der Waals surface area contributed by atoms with Gasteiger partial charge in [0.1, 0.15) is 5.82 Å². The van der Waals surface area contributed by atoms with Crippen LogP contribution in [0.25, 0.3) is 0 Å². The number of carbonyl (C=O) groups excluding carboxylic acids is 1. The molecule has 3 N–H and O–H groups in total. The zero-order valence-corrected chi connectivity index (χ0v) is 13.5. The maximum Gasteiger partial charge on any atom is 0.237 e. The highest BCUT2D eigenvalue weighted by Gasteiger charge is 2.26. The van der Waals surface area contributed by atoms with E-state index in [1.54, 1.807) is 0 Å². The molecule has 2 aliphatic heterocycles. The smallest absolute Gasteiger partial charge is 0.237 e. The minimum Gasteiger partial charge on any atom is -0.381 e. The average molecular weight is 318 g/mol. The van der Waals surface area contributed by atoms with E-state index in [0.717, 1.165) is 37.3 Å². The number of rotatable bonds is 5. The zero-order chi connectivity index (χ0) is 16.1. The van der Waals surface area contributed by atoms with E-state index in [1.807, 2.05) is 12.3 Å². The van der Waals surface area contributed by atoms with E-state index >= 15 is 0 Å². The predicted octanol–water partition coefficient (Wildman–Crippen LogP) is 1.05. The van der Waals surface area contributed by atoms with Gasteiger partial charge >= 0.3 is 0 Å². The van der Waals surface area contributed by atoms with Crippen LogP contribution in [0.15, 0.2) is 18.3 Å². The highest BCUT2D eigenvalue weighted by Crippen LogP contribution is 2.19. The lowest BCUT2D eigenvalue weighted by Gasteiger charge is -2.26. The lowest BCUT2D eigenvalue weighted by atomic mass is 9.92. The van der Waals surface area contributed by atoms with Crippen LogP contribution < -0.4 is 16.0 Å². The third-order valence-corrected chi connectivity index (χ3v) is 4.78. The normalized spacial score (nSPS) is 20.5. The summed E-state index contributed by atoms with van der Waals surface area (Å²) < 4.78 is 5.32. The van der Waals surface area contributed by atoms with Crippen molar-refractivity contribution < 1.29 is 9.53 Å². The summed E-state index contributed by atoms with van der Waals surface area (Å²) in [6, 6.07) is 3.56. The number of pyridine rings is 1. The summed E-state index contributed by atoms with van der Waals surface area (Å²) in [6.07, 6.45) is 5.99. The molecule has 3 rings (SSSR count). The second-order valence-corrected chi connectivity index (χ2v) is 6.41. The lowest BCUT2D eigenvalue weighted by molar-refractivity contribution is -0.124. The molecule has 1 aromatic heterocycles. The first kappa shape index (κ1) is 16.2. The first-order valence-corrected chi connectivity index (χ1v) is 8.55. The van der Waals surface area contributed by atoms with Gasteiger partial charge in [-0.2, -0.15) is 0 Å². The Labute approximate surface area is 137 Å². The molecule has 126 valence electrons. The number of amides is 1. The van der Waals surface area contributed by atoms with Gasteiger partial charge in [0.25, 0.3) is 0 Å². The second-order valence-electron chi connectivity index (χ2n) is 6.41. The Bertz CT molecular complexity index is 525. The third kappa shape index (κ3) is 4.20. The highest BCUT2D eigenvalue weighted by molar-refractivity contribution is 5.81. The predicted molar refractivity (Wildman–Crippen MR) is 89.0 cm³/mol. The van der Waals surface area contributed by atoms with E-state index in [-0.39, 0.29) is 11.8 Å². The first-order chi connectivity index (χ1) is 11.2. The van der Waals surface area contributed by atoms with Gasteiger partial charge in [0.15, 0.2) is 0 Å². The molecule has 0 bridgehead atoms. The van der Waals surface area contributed by atoms with Gasteiger partial charge in [0, 0.05) is 39.0 Å². The molecule has 0 aromatic carbocycles. The summed E-state index contributed by atoms with van der Waals surface area (Å²) in [5.41, 5.74) is 7.16. The molecule has 23 heavy (non-hydrogen) atoms. The number of nitrogens with one attached hydrogen (secondary N) is 1. The number of anilines is 1. The molecule has 0 aliphatic carbocycles. The maximum absolute atomic E-state index is 12.3. The number of ether oxygens (including phenoxy) is 1. The molecule has 2 saturated heterocycles. The molecule has 0 spiro atoms. The standard InChI is InChI=1S/C17H26N4O2/c18-16(14-4-9-23-10-5-14)17(22)20-12-13-3-6-19-15(11-13)21-7-1-2-8-21/h3,6,11,14,16H,1-2,4-5,7-10,12,18H2,(H,20,22). The SMILES string of the molecule is NC(C(=O)NCc1ccnc(N2CCCC2)c1)C1CCOCC1. The fourth-order valence-electron chi connectivity index (χ4n) is 3.29. The number of aromatic nitrogens is 1. The van der Waals surface area contributed by atoms with E-state index in [9.17, 15) is 4.79 Å². The fraction of sp³-hybridized carbons (Fsp3) is 0.647. The van der Waals surface area contributed by atoms with Crippen molar-refractivity contribution in [1.29, 1.82) is 0 Å². The minimum absolute atomic E-state index is 0.0727. The van der Waals surface area contributed by atoms with Crippen LogP contribution in [0.4, 0.5) is 5.82 Å². The van der Waals surface area contributed by atoms with Gasteiger partial charge in [0.2, 0.25) is 5.91 Å². The van der Waals surface area contributed by atoms with E-state index in [0.29, 0.717) is 19.8 Å². The quantitative estimate of drug-likeness (QED) is 0.848. The first-order valence-electron chi connectivity index (χ1n) is 8.55. The Morgan fingerprint density at radius 3 is 2.87 bits per heavy atom. The summed E-state index contributed by atoms with van der Waals surface area (Å²) in [5, 5.41) is 2.96. The topological polar surface area (TPSA) is 80.5 Å². The number of nitrogens with zero attached hydrogens (tertiary/aromatic N) is 2. The zero-order valence-electron chi connectivity index (χ0n) is 13.5. The van der Waals surface area contributed by atoms with Crippen LogP contribution in [-0.2, 0) is 16.1 Å². The maximum atomic E-state index is 12.3. The lowest BCUT2D eigenvalue weighted by Crippen LogP contribution is -2.46. The summed E-state index contributed by atoms with van der Waals surface area (Å²) in [7, 11) is 0. The molecule has 1 amide bonds. The molecule has 1 atom stereocenters. The monoisotopic (exact) mass is 318 g/mol. The Morgan fingerprint density at radius 1 is 1.39 bits per heavy atom. The number of carbonyl (C=O) groups is 1.